The molecule has 0 unspecified atom stereocenters. The standard InChI is InChI=1S/C23H31NO3/c1-6-20(27-19-14-12-18(13-15-19)23(3,4)5)22(25)24-16-17-10-8-9-11-21(17)26-7-2/h8-15,20H,6-7,16H2,1-5H3,(H,24,25)/t20-/m1/s1. The highest BCUT2D eigenvalue weighted by molar-refractivity contribution is 5.81. The van der Waals surface area contributed by atoms with Crippen molar-refractivity contribution in [3.05, 3.63) is 59.7 Å². The summed E-state index contributed by atoms with van der Waals surface area (Å²) in [5.74, 6) is 1.38. The number of rotatable bonds is 8. The maximum absolute atomic E-state index is 12.6. The lowest BCUT2D eigenvalue weighted by atomic mass is 9.87. The molecular formula is C23H31NO3. The van der Waals surface area contributed by atoms with E-state index in [1.807, 2.05) is 50.2 Å². The lowest BCUT2D eigenvalue weighted by Crippen LogP contribution is -2.37. The average Bonchev–Trinajstić information content (AvgIpc) is 2.65. The van der Waals surface area contributed by atoms with Gasteiger partial charge in [-0.1, -0.05) is 58.0 Å². The first-order valence-corrected chi connectivity index (χ1v) is 9.60. The molecule has 2 rings (SSSR count). The molecule has 2 aromatic rings. The topological polar surface area (TPSA) is 47.6 Å². The first-order chi connectivity index (χ1) is 12.8. The molecule has 0 saturated heterocycles. The molecule has 0 heterocycles. The van der Waals surface area contributed by atoms with Crippen LogP contribution >= 0.6 is 0 Å². The molecule has 0 spiro atoms. The monoisotopic (exact) mass is 369 g/mol. The number of benzene rings is 2. The molecule has 4 heteroatoms. The zero-order chi connectivity index (χ0) is 19.9. The molecule has 1 amide bonds. The first kappa shape index (κ1) is 20.8. The van der Waals surface area contributed by atoms with Crippen LogP contribution in [0.1, 0.15) is 52.2 Å². The van der Waals surface area contributed by atoms with Gasteiger partial charge in [0, 0.05) is 12.1 Å². The van der Waals surface area contributed by atoms with Crippen LogP contribution < -0.4 is 14.8 Å². The van der Waals surface area contributed by atoms with E-state index < -0.39 is 6.10 Å². The Bertz CT molecular complexity index is 732. The molecule has 146 valence electrons. The van der Waals surface area contributed by atoms with Crippen molar-refractivity contribution in [2.24, 2.45) is 0 Å². The summed E-state index contributed by atoms with van der Waals surface area (Å²) in [7, 11) is 0. The van der Waals surface area contributed by atoms with Gasteiger partial charge in [0.05, 0.1) is 6.61 Å². The van der Waals surface area contributed by atoms with E-state index in [0.717, 1.165) is 11.3 Å². The van der Waals surface area contributed by atoms with Crippen molar-refractivity contribution in [1.82, 2.24) is 5.32 Å². The fraction of sp³-hybridized carbons (Fsp3) is 0.435. The zero-order valence-electron chi connectivity index (χ0n) is 17.0. The molecule has 1 N–H and O–H groups in total. The van der Waals surface area contributed by atoms with E-state index in [2.05, 4.69) is 38.2 Å². The number of carbonyl (C=O) groups excluding carboxylic acids is 1. The second-order valence-corrected chi connectivity index (χ2v) is 7.55. The molecule has 0 radical (unpaired) electrons. The summed E-state index contributed by atoms with van der Waals surface area (Å²) >= 11 is 0. The van der Waals surface area contributed by atoms with Gasteiger partial charge in [0.15, 0.2) is 6.10 Å². The molecule has 0 aliphatic heterocycles. The van der Waals surface area contributed by atoms with E-state index in [-0.39, 0.29) is 11.3 Å². The van der Waals surface area contributed by atoms with Crippen molar-refractivity contribution in [1.29, 1.82) is 0 Å². The van der Waals surface area contributed by atoms with Gasteiger partial charge in [-0.15, -0.1) is 0 Å². The maximum Gasteiger partial charge on any atom is 0.261 e. The summed E-state index contributed by atoms with van der Waals surface area (Å²) in [5, 5.41) is 2.96. The minimum absolute atomic E-state index is 0.0913. The summed E-state index contributed by atoms with van der Waals surface area (Å²) in [6.07, 6.45) is 0.0738. The number of hydrogen-bond donors (Lipinski definition) is 1. The Balaban J connectivity index is 1.98. The van der Waals surface area contributed by atoms with Crippen molar-refractivity contribution in [2.45, 2.75) is 59.1 Å². The quantitative estimate of drug-likeness (QED) is 0.723. The molecule has 2 aromatic carbocycles. The van der Waals surface area contributed by atoms with Crippen LogP contribution in [-0.2, 0) is 16.8 Å². The van der Waals surface area contributed by atoms with Crippen LogP contribution in [0.5, 0.6) is 11.5 Å². The van der Waals surface area contributed by atoms with Crippen LogP contribution in [0, 0.1) is 0 Å². The number of nitrogens with one attached hydrogen (secondary N) is 1. The van der Waals surface area contributed by atoms with Crippen molar-refractivity contribution in [2.75, 3.05) is 6.61 Å². The van der Waals surface area contributed by atoms with Crippen molar-refractivity contribution in [3.8, 4) is 11.5 Å². The third-order valence-electron chi connectivity index (χ3n) is 4.39. The summed E-state index contributed by atoms with van der Waals surface area (Å²) in [5.41, 5.74) is 2.28. The SMILES string of the molecule is CCOc1ccccc1CNC(=O)[C@@H](CC)Oc1ccc(C(C)(C)C)cc1. The average molecular weight is 370 g/mol. The highest BCUT2D eigenvalue weighted by Crippen LogP contribution is 2.25. The highest BCUT2D eigenvalue weighted by Gasteiger charge is 2.19. The Kier molecular flexibility index (Phi) is 7.28. The molecule has 0 bridgehead atoms. The van der Waals surface area contributed by atoms with Crippen LogP contribution in [0.4, 0.5) is 0 Å². The van der Waals surface area contributed by atoms with Crippen molar-refractivity contribution >= 4 is 5.91 Å². The van der Waals surface area contributed by atoms with Gasteiger partial charge in [-0.2, -0.15) is 0 Å². The van der Waals surface area contributed by atoms with Crippen LogP contribution in [0.25, 0.3) is 0 Å². The Morgan fingerprint density at radius 3 is 2.30 bits per heavy atom. The molecule has 0 fully saturated rings. The second kappa shape index (κ2) is 9.45. The van der Waals surface area contributed by atoms with Gasteiger partial charge in [0.2, 0.25) is 0 Å². The number of para-hydroxylation sites is 1. The van der Waals surface area contributed by atoms with Gasteiger partial charge < -0.3 is 14.8 Å². The molecule has 4 nitrogen and oxygen atoms in total. The fourth-order valence-corrected chi connectivity index (χ4v) is 2.76. The Hall–Kier alpha value is -2.49. The van der Waals surface area contributed by atoms with Gasteiger partial charge in [0.25, 0.3) is 5.91 Å². The predicted octanol–water partition coefficient (Wildman–Crippen LogP) is 4.86. The van der Waals surface area contributed by atoms with Gasteiger partial charge in [-0.25, -0.2) is 0 Å². The molecule has 0 aliphatic carbocycles. The molecule has 0 aliphatic rings. The zero-order valence-corrected chi connectivity index (χ0v) is 17.0. The Labute approximate surface area is 162 Å². The summed E-state index contributed by atoms with van der Waals surface area (Å²) in [6.45, 7) is 11.4. The molecule has 27 heavy (non-hydrogen) atoms. The van der Waals surface area contributed by atoms with Gasteiger partial charge in [0.1, 0.15) is 11.5 Å². The summed E-state index contributed by atoms with van der Waals surface area (Å²) in [6, 6.07) is 15.7. The minimum atomic E-state index is -0.523. The van der Waals surface area contributed by atoms with Crippen LogP contribution in [-0.4, -0.2) is 18.6 Å². The van der Waals surface area contributed by atoms with E-state index in [1.54, 1.807) is 0 Å². The normalized spacial score (nSPS) is 12.3. The lowest BCUT2D eigenvalue weighted by Gasteiger charge is -2.21. The predicted molar refractivity (Wildman–Crippen MR) is 109 cm³/mol. The van der Waals surface area contributed by atoms with E-state index in [0.29, 0.717) is 25.3 Å². The third kappa shape index (κ3) is 6.02. The van der Waals surface area contributed by atoms with Crippen molar-refractivity contribution < 1.29 is 14.3 Å². The highest BCUT2D eigenvalue weighted by atomic mass is 16.5. The minimum Gasteiger partial charge on any atom is -0.494 e. The molecule has 1 atom stereocenters. The third-order valence-corrected chi connectivity index (χ3v) is 4.39. The van der Waals surface area contributed by atoms with Crippen LogP contribution in [0.3, 0.4) is 0 Å². The Morgan fingerprint density at radius 2 is 1.70 bits per heavy atom. The van der Waals surface area contributed by atoms with Crippen LogP contribution in [0.15, 0.2) is 48.5 Å². The number of hydrogen-bond acceptors (Lipinski definition) is 3. The number of ether oxygens (including phenoxy) is 2. The van der Waals surface area contributed by atoms with Crippen LogP contribution in [0.2, 0.25) is 0 Å². The van der Waals surface area contributed by atoms with Gasteiger partial charge >= 0.3 is 0 Å². The van der Waals surface area contributed by atoms with E-state index in [4.69, 9.17) is 9.47 Å². The number of carbonyl (C=O) groups is 1. The summed E-state index contributed by atoms with van der Waals surface area (Å²) < 4.78 is 11.5. The fourth-order valence-electron chi connectivity index (χ4n) is 2.76. The molecular weight excluding hydrogens is 338 g/mol. The van der Waals surface area contributed by atoms with E-state index in [9.17, 15) is 4.79 Å². The molecule has 0 saturated carbocycles. The smallest absolute Gasteiger partial charge is 0.261 e. The lowest BCUT2D eigenvalue weighted by molar-refractivity contribution is -0.128. The Morgan fingerprint density at radius 1 is 1.04 bits per heavy atom. The first-order valence-electron chi connectivity index (χ1n) is 9.60. The maximum atomic E-state index is 12.6. The van der Waals surface area contributed by atoms with Crippen molar-refractivity contribution in [3.63, 3.8) is 0 Å². The number of amides is 1. The van der Waals surface area contributed by atoms with Gasteiger partial charge in [-0.05, 0) is 42.5 Å². The van der Waals surface area contributed by atoms with E-state index >= 15 is 0 Å². The largest absolute Gasteiger partial charge is 0.494 e. The molecule has 0 aromatic heterocycles. The van der Waals surface area contributed by atoms with E-state index in [1.165, 1.54) is 5.56 Å². The summed E-state index contributed by atoms with van der Waals surface area (Å²) in [4.78, 5) is 12.6. The van der Waals surface area contributed by atoms with Gasteiger partial charge in [-0.3, -0.25) is 4.79 Å². The second-order valence-electron chi connectivity index (χ2n) is 7.55.